The third-order valence-corrected chi connectivity index (χ3v) is 21.8. The number of nitrogens with zero attached hydrogens (tertiary/aromatic N) is 3. The van der Waals surface area contributed by atoms with Crippen molar-refractivity contribution in [2.75, 3.05) is 0 Å². The van der Waals surface area contributed by atoms with Crippen molar-refractivity contribution < 1.29 is 0 Å². The van der Waals surface area contributed by atoms with Gasteiger partial charge in [0, 0.05) is 127 Å². The molecule has 0 radical (unpaired) electrons. The number of rotatable bonds is 4. The number of aryl methyl sites for hydroxylation is 2. The molecule has 10 nitrogen and oxygen atoms in total. The Balaban J connectivity index is 0.000000142. The highest BCUT2D eigenvalue weighted by Crippen LogP contribution is 2.40. The quantitative estimate of drug-likeness (QED) is 0.0932. The zero-order valence-electron chi connectivity index (χ0n) is 73.6. The Labute approximate surface area is 685 Å². The molecular weight excluding hydrogens is 1400 g/mol. The highest BCUT2D eigenvalue weighted by atomic mass is 14.7. The molecule has 0 atom stereocenters. The predicted octanol–water partition coefficient (Wildman–Crippen LogP) is 29.1. The van der Waals surface area contributed by atoms with Gasteiger partial charge in [0.25, 0.3) is 0 Å². The average Bonchev–Trinajstić information content (AvgIpc) is 1.74. The second-order valence-electron chi connectivity index (χ2n) is 39.1. The van der Waals surface area contributed by atoms with E-state index in [-0.39, 0.29) is 43.3 Å². The van der Waals surface area contributed by atoms with Crippen molar-refractivity contribution in [2.24, 2.45) is 0 Å². The van der Waals surface area contributed by atoms with Gasteiger partial charge in [-0.25, -0.2) is 0 Å². The summed E-state index contributed by atoms with van der Waals surface area (Å²) in [6.07, 6.45) is 19.3. The van der Waals surface area contributed by atoms with Crippen LogP contribution in [0.4, 0.5) is 0 Å². The average molecular weight is 1530 g/mol. The lowest BCUT2D eigenvalue weighted by molar-refractivity contribution is 0.590. The van der Waals surface area contributed by atoms with E-state index in [1.165, 1.54) is 132 Å². The predicted molar refractivity (Wildman–Crippen MR) is 495 cm³/mol. The summed E-state index contributed by atoms with van der Waals surface area (Å²) in [5.74, 6) is 0. The van der Waals surface area contributed by atoms with Crippen LogP contribution in [0, 0.1) is 29.6 Å². The van der Waals surface area contributed by atoms with Crippen molar-refractivity contribution >= 4 is 76.3 Å². The Hall–Kier alpha value is -11.3. The molecule has 0 fully saturated rings. The molecule has 0 saturated heterocycles. The zero-order chi connectivity index (χ0) is 84.0. The minimum absolute atomic E-state index is 0.102. The SMILES string of the molecule is CC(C)(C)c1cc2[nH]ccc2cc1-c1ccccc1.CC(C)(C)c1cc2[nH]ccc2cc1-c1cccnc1.CC(C)(C)c1ccc2c(C#N)c[nH]c2c1.CC(C)(C)c1ccc2c(C(C)(C)C)c[nH]c2c1.CC(C)(C)c1ccc2c(CC#N)c[nH]c2c1.CCc1c[nH]c2cc(C(C)(C)C)ccc12.Cc1c[nH]c2cc(C(C)(C)C)ccc12. The second-order valence-corrected chi connectivity index (χ2v) is 39.1. The van der Waals surface area contributed by atoms with Crippen molar-refractivity contribution in [3.63, 3.8) is 0 Å². The number of nitrogens with one attached hydrogen (secondary N) is 7. The highest BCUT2D eigenvalue weighted by Gasteiger charge is 2.25. The van der Waals surface area contributed by atoms with Gasteiger partial charge in [-0.05, 0) is 218 Å². The maximum atomic E-state index is 8.88. The lowest BCUT2D eigenvalue weighted by Gasteiger charge is -2.23. The molecule has 596 valence electrons. The summed E-state index contributed by atoms with van der Waals surface area (Å²) < 4.78 is 0. The lowest BCUT2D eigenvalue weighted by Crippen LogP contribution is -2.12. The monoisotopic (exact) mass is 1530 g/mol. The van der Waals surface area contributed by atoms with Crippen molar-refractivity contribution in [1.82, 2.24) is 39.9 Å². The normalized spacial score (nSPS) is 12.1. The largest absolute Gasteiger partial charge is 0.361 e. The topological polar surface area (TPSA) is 171 Å². The molecule has 8 aromatic heterocycles. The van der Waals surface area contributed by atoms with Crippen LogP contribution in [-0.2, 0) is 56.2 Å². The Kier molecular flexibility index (Phi) is 25.7. The molecule has 0 amide bonds. The minimum Gasteiger partial charge on any atom is -0.361 e. The summed E-state index contributed by atoms with van der Waals surface area (Å²) in [4.78, 5) is 27.3. The first-order valence-corrected chi connectivity index (χ1v) is 40.8. The third kappa shape index (κ3) is 21.2. The van der Waals surface area contributed by atoms with E-state index < -0.39 is 0 Å². The van der Waals surface area contributed by atoms with Gasteiger partial charge in [0.05, 0.1) is 18.1 Å². The van der Waals surface area contributed by atoms with Crippen molar-refractivity contribution in [1.29, 1.82) is 10.5 Å². The van der Waals surface area contributed by atoms with Gasteiger partial charge in [0.2, 0.25) is 0 Å². The van der Waals surface area contributed by atoms with Crippen LogP contribution in [0.15, 0.2) is 226 Å². The number of hydrogen-bond donors (Lipinski definition) is 7. The van der Waals surface area contributed by atoms with Crippen LogP contribution in [0.3, 0.4) is 0 Å². The fourth-order valence-electron chi connectivity index (χ4n) is 14.5. The van der Waals surface area contributed by atoms with Crippen LogP contribution >= 0.6 is 0 Å². The van der Waals surface area contributed by atoms with E-state index >= 15 is 0 Å². The van der Waals surface area contributed by atoms with E-state index in [0.29, 0.717) is 12.0 Å². The number of fused-ring (bicyclic) bond motifs is 7. The Morgan fingerprint density at radius 1 is 0.322 bits per heavy atom. The van der Waals surface area contributed by atoms with E-state index in [2.05, 4.69) is 408 Å². The van der Waals surface area contributed by atoms with Crippen LogP contribution in [-0.4, -0.2) is 39.9 Å². The number of aromatic nitrogens is 8. The number of hydrogen-bond acceptors (Lipinski definition) is 3. The van der Waals surface area contributed by atoms with Crippen molar-refractivity contribution in [2.45, 2.75) is 236 Å². The summed E-state index contributed by atoms with van der Waals surface area (Å²) in [5, 5.41) is 26.3. The van der Waals surface area contributed by atoms with Crippen molar-refractivity contribution in [3.8, 4) is 34.4 Å². The first-order valence-electron chi connectivity index (χ1n) is 40.8. The smallest absolute Gasteiger partial charge is 0.101 e. The number of benzene rings is 8. The fraction of sp³-hybridized carbons (Fsp3) is 0.343. The highest BCUT2D eigenvalue weighted by molar-refractivity contribution is 5.91. The van der Waals surface area contributed by atoms with Crippen molar-refractivity contribution in [3.05, 3.63) is 292 Å². The van der Waals surface area contributed by atoms with E-state index in [1.807, 2.05) is 43.1 Å². The van der Waals surface area contributed by atoms with E-state index in [9.17, 15) is 0 Å². The number of H-pyrrole nitrogens is 7. The molecule has 8 heterocycles. The fourth-order valence-corrected chi connectivity index (χ4v) is 14.5. The van der Waals surface area contributed by atoms with E-state index in [0.717, 1.165) is 33.8 Å². The first kappa shape index (κ1) is 86.1. The van der Waals surface area contributed by atoms with Gasteiger partial charge in [-0.15, -0.1) is 0 Å². The van der Waals surface area contributed by atoms with Crippen LogP contribution in [0.1, 0.15) is 240 Å². The van der Waals surface area contributed by atoms with Gasteiger partial charge in [-0.1, -0.05) is 270 Å². The lowest BCUT2D eigenvalue weighted by atomic mass is 9.81. The summed E-state index contributed by atoms with van der Waals surface area (Å²) >= 11 is 0. The van der Waals surface area contributed by atoms with Crippen LogP contribution in [0.5, 0.6) is 0 Å². The molecule has 0 aliphatic carbocycles. The summed E-state index contributed by atoms with van der Waals surface area (Å²) in [6.45, 7) is 58.0. The summed E-state index contributed by atoms with van der Waals surface area (Å²) in [7, 11) is 0. The molecule has 16 aromatic rings. The van der Waals surface area contributed by atoms with Gasteiger partial charge < -0.3 is 34.9 Å². The molecular formula is C105H126N10. The number of nitriles is 2. The summed E-state index contributed by atoms with van der Waals surface area (Å²) in [5.41, 5.74) is 30.2. The van der Waals surface area contributed by atoms with Gasteiger partial charge >= 0.3 is 0 Å². The van der Waals surface area contributed by atoms with Gasteiger partial charge in [-0.2, -0.15) is 10.5 Å². The number of aromatic amines is 7. The molecule has 115 heavy (non-hydrogen) atoms. The molecule has 7 N–H and O–H groups in total. The zero-order valence-corrected chi connectivity index (χ0v) is 73.6. The molecule has 16 rings (SSSR count). The van der Waals surface area contributed by atoms with Crippen LogP contribution in [0.25, 0.3) is 98.6 Å². The first-order chi connectivity index (χ1) is 53.8. The van der Waals surface area contributed by atoms with Crippen LogP contribution < -0.4 is 0 Å². The van der Waals surface area contributed by atoms with E-state index in [4.69, 9.17) is 10.5 Å². The Morgan fingerprint density at radius 3 is 1.12 bits per heavy atom. The molecule has 0 unspecified atom stereocenters. The molecule has 0 bridgehead atoms. The third-order valence-electron chi connectivity index (χ3n) is 21.8. The second kappa shape index (κ2) is 34.4. The molecule has 0 saturated carbocycles. The minimum atomic E-state index is 0.102. The van der Waals surface area contributed by atoms with Gasteiger partial charge in [-0.3, -0.25) is 4.98 Å². The maximum absolute atomic E-state index is 8.88. The molecule has 0 aliphatic heterocycles. The molecule has 0 aliphatic rings. The summed E-state index contributed by atoms with van der Waals surface area (Å²) in [6, 6.07) is 65.4. The maximum Gasteiger partial charge on any atom is 0.101 e. The standard InChI is InChI=1S/C18H19N.C17H18N2.C16H23N.C14H16N2.C14H19N.C13H14N2.C13H17N/c1-18(2,3)16-12-17-14(9-10-19-17)11-15(16)13-7-5-4-6-8-13;1-17(2,3)15-10-16-12(6-8-19-16)9-14(15)13-5-4-7-18-11-13;1-15(2,3)11-7-8-12-13(16(4,5)6)10-17-14(12)9-11;1-14(2,3)11-4-5-12-10(6-7-15)9-16-13(12)8-11;1-5-10-9-15-13-8-11(14(2,3)4)6-7-12(10)13;1-13(2,3)10-4-5-11-9(7-14)8-15-12(11)6-10;1-9-8-14-12-7-10(13(2,3)4)5-6-11(9)12/h4-12,19H,1-3H3;4-11,19H,1-3H3;7-10,17H,1-6H3;4-5,8-9,16H,6H2,1-3H3;6-9,15H,5H2,1-4H3;4-6,8,15H,1-3H3;5-8,14H,1-4H3. The Bertz CT molecular complexity index is 5910. The van der Waals surface area contributed by atoms with E-state index in [1.54, 1.807) is 6.20 Å². The molecule has 8 aromatic carbocycles. The molecule has 10 heteroatoms. The Morgan fingerprint density at radius 2 is 0.696 bits per heavy atom. The number of pyridine rings is 1. The van der Waals surface area contributed by atoms with Crippen LogP contribution in [0.2, 0.25) is 0 Å². The van der Waals surface area contributed by atoms with Gasteiger partial charge in [0.15, 0.2) is 0 Å². The van der Waals surface area contributed by atoms with Gasteiger partial charge in [0.1, 0.15) is 6.07 Å². The molecule has 0 spiro atoms.